The number of hydrogen-bond acceptors (Lipinski definition) is 4. The highest BCUT2D eigenvalue weighted by atomic mass is 32.2. The van der Waals surface area contributed by atoms with Crippen LogP contribution < -0.4 is 5.32 Å². The van der Waals surface area contributed by atoms with Crippen molar-refractivity contribution in [3.63, 3.8) is 0 Å². The molecular formula is C10H15F3N2O2S. The standard InChI is InChI=1S/C10H15F3N2O2S/c1-9(16,10(11,12)13)6-4-3-5-7(17-6)18-8(14-2)15-5/h5-7,16H,3-4H2,1-2H3,(H,14,15)/t5-,6+,7-,9+/m1/s1/i3D,4D/t3-,4-,5-,6+,7-,9+. The summed E-state index contributed by atoms with van der Waals surface area (Å²) in [5.74, 6) is 0. The quantitative estimate of drug-likeness (QED) is 0.767. The van der Waals surface area contributed by atoms with E-state index in [9.17, 15) is 18.3 Å². The molecule has 2 saturated heterocycles. The second kappa shape index (κ2) is 4.57. The predicted octanol–water partition coefficient (Wildman–Crippen LogP) is 1.50. The fourth-order valence-corrected chi connectivity index (χ4v) is 2.70. The number of ether oxygens (including phenoxy) is 1. The number of aliphatic imine (C=N–C) groups is 1. The van der Waals surface area contributed by atoms with Crippen LogP contribution in [0.2, 0.25) is 0 Å². The summed E-state index contributed by atoms with van der Waals surface area (Å²) in [6.45, 7) is 0.578. The molecule has 18 heavy (non-hydrogen) atoms. The first kappa shape index (κ1) is 11.4. The summed E-state index contributed by atoms with van der Waals surface area (Å²) in [6, 6.07) is -0.610. The molecule has 0 spiro atoms. The van der Waals surface area contributed by atoms with Gasteiger partial charge in [0.15, 0.2) is 10.8 Å². The van der Waals surface area contributed by atoms with Crippen LogP contribution in [0.4, 0.5) is 13.2 Å². The summed E-state index contributed by atoms with van der Waals surface area (Å²) in [6.07, 6.45) is -9.41. The minimum absolute atomic E-state index is 0.455. The molecule has 4 nitrogen and oxygen atoms in total. The zero-order chi connectivity index (χ0) is 15.3. The van der Waals surface area contributed by atoms with Gasteiger partial charge < -0.3 is 15.2 Å². The van der Waals surface area contributed by atoms with E-state index < -0.39 is 42.2 Å². The number of halogens is 3. The third kappa shape index (κ3) is 2.33. The van der Waals surface area contributed by atoms with Crippen molar-refractivity contribution in [2.45, 2.75) is 49.1 Å². The second-order valence-corrected chi connectivity index (χ2v) is 5.36. The van der Waals surface area contributed by atoms with E-state index in [1.54, 1.807) is 0 Å². The van der Waals surface area contributed by atoms with Gasteiger partial charge in [0.25, 0.3) is 0 Å². The lowest BCUT2D eigenvalue weighted by atomic mass is 9.91. The van der Waals surface area contributed by atoms with Crippen molar-refractivity contribution in [3.8, 4) is 0 Å². The molecule has 0 radical (unpaired) electrons. The second-order valence-electron chi connectivity index (χ2n) is 4.27. The van der Waals surface area contributed by atoms with E-state index >= 15 is 0 Å². The molecule has 0 saturated carbocycles. The fourth-order valence-electron chi connectivity index (χ4n) is 1.69. The normalized spacial score (nSPS) is 47.9. The number of rotatable bonds is 1. The maximum absolute atomic E-state index is 12.9. The number of thioether (sulfide) groups is 1. The van der Waals surface area contributed by atoms with Crippen LogP contribution in [0.15, 0.2) is 4.99 Å². The molecule has 2 N–H and O–H groups in total. The van der Waals surface area contributed by atoms with Crippen LogP contribution in [0.3, 0.4) is 0 Å². The van der Waals surface area contributed by atoms with Gasteiger partial charge in [0.05, 0.1) is 12.1 Å². The topological polar surface area (TPSA) is 53.9 Å². The number of alkyl halides is 3. The summed E-state index contributed by atoms with van der Waals surface area (Å²) >= 11 is 1.07. The molecule has 104 valence electrons. The van der Waals surface area contributed by atoms with Gasteiger partial charge in [0, 0.05) is 9.79 Å². The van der Waals surface area contributed by atoms with E-state index in [2.05, 4.69) is 10.3 Å². The highest BCUT2D eigenvalue weighted by molar-refractivity contribution is 8.14. The fraction of sp³-hybridized carbons (Fsp3) is 0.900. The van der Waals surface area contributed by atoms with Crippen molar-refractivity contribution in [3.05, 3.63) is 0 Å². The third-order valence-electron chi connectivity index (χ3n) is 2.92. The van der Waals surface area contributed by atoms with E-state index in [1.165, 1.54) is 7.05 Å². The molecule has 6 atom stereocenters. The van der Waals surface area contributed by atoms with Gasteiger partial charge in [0.2, 0.25) is 0 Å². The number of nitrogens with one attached hydrogen (secondary N) is 1. The molecule has 0 unspecified atom stereocenters. The summed E-state index contributed by atoms with van der Waals surface area (Å²) < 4.78 is 59.6. The Morgan fingerprint density at radius 2 is 2.22 bits per heavy atom. The van der Waals surface area contributed by atoms with Gasteiger partial charge in [-0.15, -0.1) is 0 Å². The lowest BCUT2D eigenvalue weighted by Gasteiger charge is -2.40. The van der Waals surface area contributed by atoms with E-state index in [1.807, 2.05) is 0 Å². The van der Waals surface area contributed by atoms with E-state index in [-0.39, 0.29) is 0 Å². The molecule has 2 rings (SSSR count). The average Bonchev–Trinajstić information content (AvgIpc) is 2.75. The van der Waals surface area contributed by atoms with Crippen molar-refractivity contribution in [1.82, 2.24) is 5.32 Å². The van der Waals surface area contributed by atoms with Crippen molar-refractivity contribution in [2.75, 3.05) is 7.05 Å². The summed E-state index contributed by atoms with van der Waals surface area (Å²) in [5, 5.41) is 13.0. The molecule has 0 amide bonds. The van der Waals surface area contributed by atoms with E-state index in [0.29, 0.717) is 12.1 Å². The van der Waals surface area contributed by atoms with Gasteiger partial charge in [-0.1, -0.05) is 11.8 Å². The Morgan fingerprint density at radius 3 is 2.78 bits per heavy atom. The summed E-state index contributed by atoms with van der Waals surface area (Å²) in [7, 11) is 1.51. The Morgan fingerprint density at radius 1 is 1.56 bits per heavy atom. The monoisotopic (exact) mass is 286 g/mol. The van der Waals surface area contributed by atoms with Crippen LogP contribution in [0.5, 0.6) is 0 Å². The Kier molecular flexibility index (Phi) is 2.89. The minimum Gasteiger partial charge on any atom is -0.379 e. The minimum atomic E-state index is -4.93. The Hall–Kier alpha value is -0.470. The molecule has 0 aliphatic carbocycles. The van der Waals surface area contributed by atoms with Gasteiger partial charge in [-0.3, -0.25) is 4.99 Å². The van der Waals surface area contributed by atoms with Gasteiger partial charge in [-0.05, 0) is 19.7 Å². The number of amidine groups is 1. The maximum atomic E-state index is 12.9. The third-order valence-corrected chi connectivity index (χ3v) is 4.08. The van der Waals surface area contributed by atoms with Gasteiger partial charge in [0.1, 0.15) is 5.44 Å². The SMILES string of the molecule is [2H][C@@H]1[C@@H]([2H])[C@@H]([C@](C)(O)C(F)(F)F)O[C@@H]2SC(=NC)N[C@H]12. The first-order valence-corrected chi connectivity index (χ1v) is 6.16. The van der Waals surface area contributed by atoms with Crippen LogP contribution in [0, 0.1) is 0 Å². The van der Waals surface area contributed by atoms with Crippen molar-refractivity contribution in [2.24, 2.45) is 4.99 Å². The van der Waals surface area contributed by atoms with Crippen LogP contribution in [0.1, 0.15) is 22.5 Å². The Bertz CT molecular complexity index is 422. The predicted molar refractivity (Wildman–Crippen MR) is 62.4 cm³/mol. The molecular weight excluding hydrogens is 269 g/mol. The first-order chi connectivity index (χ1) is 9.09. The van der Waals surface area contributed by atoms with Crippen LogP contribution >= 0.6 is 11.8 Å². The molecule has 8 heteroatoms. The number of fused-ring (bicyclic) bond motifs is 1. The lowest BCUT2D eigenvalue weighted by molar-refractivity contribution is -0.295. The molecule has 2 aliphatic rings. The first-order valence-electron chi connectivity index (χ1n) is 6.44. The highest BCUT2D eigenvalue weighted by Crippen LogP contribution is 2.41. The summed E-state index contributed by atoms with van der Waals surface area (Å²) in [5.41, 5.74) is -3.94. The Balaban J connectivity index is 2.26. The number of nitrogens with zero attached hydrogens (tertiary/aromatic N) is 1. The summed E-state index contributed by atoms with van der Waals surface area (Å²) in [4.78, 5) is 3.87. The van der Waals surface area contributed by atoms with Crippen molar-refractivity contribution in [1.29, 1.82) is 0 Å². The van der Waals surface area contributed by atoms with Crippen molar-refractivity contribution >= 4 is 16.9 Å². The number of hydrogen-bond donors (Lipinski definition) is 2. The van der Waals surface area contributed by atoms with Crippen LogP contribution in [0.25, 0.3) is 0 Å². The van der Waals surface area contributed by atoms with E-state index in [0.717, 1.165) is 11.8 Å². The zero-order valence-electron chi connectivity index (χ0n) is 11.7. The van der Waals surface area contributed by atoms with Gasteiger partial charge in [-0.25, -0.2) is 0 Å². The lowest BCUT2D eigenvalue weighted by Crippen LogP contribution is -2.57. The van der Waals surface area contributed by atoms with Crippen LogP contribution in [-0.4, -0.2) is 46.7 Å². The van der Waals surface area contributed by atoms with E-state index in [4.69, 9.17) is 7.48 Å². The average molecular weight is 286 g/mol. The molecule has 0 aromatic carbocycles. The van der Waals surface area contributed by atoms with Crippen LogP contribution in [-0.2, 0) is 4.74 Å². The van der Waals surface area contributed by atoms with Gasteiger partial charge in [-0.2, -0.15) is 13.2 Å². The molecule has 0 aromatic rings. The largest absolute Gasteiger partial charge is 0.419 e. The zero-order valence-corrected chi connectivity index (χ0v) is 10.5. The highest BCUT2D eigenvalue weighted by Gasteiger charge is 2.58. The molecule has 2 aliphatic heterocycles. The molecule has 2 fully saturated rings. The van der Waals surface area contributed by atoms with Crippen molar-refractivity contribution < 1.29 is 25.8 Å². The number of aliphatic hydroxyl groups is 1. The smallest absolute Gasteiger partial charge is 0.379 e. The molecule has 2 heterocycles. The van der Waals surface area contributed by atoms with Gasteiger partial charge >= 0.3 is 6.18 Å². The molecule has 0 bridgehead atoms. The molecule has 0 aromatic heterocycles. The maximum Gasteiger partial charge on any atom is 0.419 e. The Labute approximate surface area is 110 Å².